The van der Waals surface area contributed by atoms with Crippen LogP contribution in [0.2, 0.25) is 0 Å². The van der Waals surface area contributed by atoms with Crippen LogP contribution in [0.3, 0.4) is 0 Å². The molecule has 0 bridgehead atoms. The second kappa shape index (κ2) is 8.77. The van der Waals surface area contributed by atoms with Crippen molar-refractivity contribution in [2.45, 2.75) is 6.92 Å². The van der Waals surface area contributed by atoms with Crippen LogP contribution in [0.4, 0.5) is 10.1 Å². The molecule has 2 aliphatic rings. The van der Waals surface area contributed by atoms with Gasteiger partial charge in [-0.15, -0.1) is 0 Å². The summed E-state index contributed by atoms with van der Waals surface area (Å²) in [7, 11) is 0. The first-order valence-corrected chi connectivity index (χ1v) is 10.0. The van der Waals surface area contributed by atoms with Gasteiger partial charge in [-0.25, -0.2) is 4.39 Å². The number of carbonyl (C=O) groups excluding carboxylic acids is 2. The van der Waals surface area contributed by atoms with Gasteiger partial charge in [0.15, 0.2) is 0 Å². The van der Waals surface area contributed by atoms with Crippen molar-refractivity contribution in [2.24, 2.45) is 0 Å². The first kappa shape index (κ1) is 20.3. The molecule has 2 aliphatic heterocycles. The second-order valence-electron chi connectivity index (χ2n) is 7.41. The van der Waals surface area contributed by atoms with Crippen molar-refractivity contribution >= 4 is 23.1 Å². The van der Waals surface area contributed by atoms with Crippen molar-refractivity contribution in [1.82, 2.24) is 9.80 Å². The minimum atomic E-state index is -0.395. The van der Waals surface area contributed by atoms with Crippen molar-refractivity contribution in [1.29, 1.82) is 0 Å². The van der Waals surface area contributed by atoms with E-state index in [1.165, 1.54) is 29.2 Å². The standard InChI is InChI=1S/C23H24FN3O3/c1-16-4-2-3-5-19(16)25-21-20(17-6-8-18(24)9-7-17)22(28)27(23(21)29)11-10-26-12-14-30-15-13-26/h2-9,25H,10-15H2,1H3. The van der Waals surface area contributed by atoms with E-state index >= 15 is 0 Å². The fourth-order valence-electron chi connectivity index (χ4n) is 3.69. The molecule has 2 aromatic carbocycles. The quantitative estimate of drug-likeness (QED) is 0.744. The molecule has 6 nitrogen and oxygen atoms in total. The van der Waals surface area contributed by atoms with Gasteiger partial charge < -0.3 is 10.1 Å². The average Bonchev–Trinajstić information content (AvgIpc) is 2.99. The molecule has 1 N–H and O–H groups in total. The summed E-state index contributed by atoms with van der Waals surface area (Å²) in [4.78, 5) is 29.9. The van der Waals surface area contributed by atoms with E-state index in [4.69, 9.17) is 4.74 Å². The van der Waals surface area contributed by atoms with Gasteiger partial charge in [-0.2, -0.15) is 0 Å². The van der Waals surface area contributed by atoms with Crippen molar-refractivity contribution in [3.63, 3.8) is 0 Å². The van der Waals surface area contributed by atoms with Gasteiger partial charge in [0.25, 0.3) is 11.8 Å². The Balaban J connectivity index is 1.63. The molecule has 0 aliphatic carbocycles. The van der Waals surface area contributed by atoms with Crippen molar-refractivity contribution in [3.05, 3.63) is 71.2 Å². The maximum absolute atomic E-state index is 13.4. The molecule has 1 fully saturated rings. The molecular weight excluding hydrogens is 385 g/mol. The monoisotopic (exact) mass is 409 g/mol. The normalized spacial score (nSPS) is 17.7. The number of hydrogen-bond donors (Lipinski definition) is 1. The lowest BCUT2D eigenvalue weighted by Gasteiger charge is -2.28. The highest BCUT2D eigenvalue weighted by molar-refractivity contribution is 6.36. The van der Waals surface area contributed by atoms with Crippen LogP contribution in [0, 0.1) is 12.7 Å². The van der Waals surface area contributed by atoms with E-state index in [9.17, 15) is 14.0 Å². The zero-order valence-electron chi connectivity index (χ0n) is 16.9. The van der Waals surface area contributed by atoms with E-state index < -0.39 is 5.82 Å². The molecule has 2 heterocycles. The Kier molecular flexibility index (Phi) is 5.92. The molecule has 30 heavy (non-hydrogen) atoms. The lowest BCUT2D eigenvalue weighted by Crippen LogP contribution is -2.43. The minimum Gasteiger partial charge on any atom is -0.379 e. The fraction of sp³-hybridized carbons (Fsp3) is 0.304. The summed E-state index contributed by atoms with van der Waals surface area (Å²) in [5.74, 6) is -1.12. The zero-order valence-corrected chi connectivity index (χ0v) is 16.9. The number of carbonyl (C=O) groups is 2. The summed E-state index contributed by atoms with van der Waals surface area (Å²) in [6.07, 6.45) is 0. The smallest absolute Gasteiger partial charge is 0.278 e. The van der Waals surface area contributed by atoms with Crippen LogP contribution in [0.15, 0.2) is 54.2 Å². The molecule has 0 aromatic heterocycles. The van der Waals surface area contributed by atoms with Gasteiger partial charge in [-0.05, 0) is 36.2 Å². The third kappa shape index (κ3) is 4.13. The van der Waals surface area contributed by atoms with E-state index in [2.05, 4.69) is 10.2 Å². The molecule has 2 amide bonds. The number of nitrogens with zero attached hydrogens (tertiary/aromatic N) is 2. The third-order valence-electron chi connectivity index (χ3n) is 5.45. The molecule has 0 spiro atoms. The number of halogens is 1. The summed E-state index contributed by atoms with van der Waals surface area (Å²) in [6.45, 7) is 5.68. The van der Waals surface area contributed by atoms with Gasteiger partial charge in [-0.1, -0.05) is 30.3 Å². The summed E-state index contributed by atoms with van der Waals surface area (Å²) in [5, 5.41) is 3.16. The Labute approximate surface area is 174 Å². The minimum absolute atomic E-state index is 0.225. The summed E-state index contributed by atoms with van der Waals surface area (Å²) >= 11 is 0. The van der Waals surface area contributed by atoms with Crippen LogP contribution in [0.5, 0.6) is 0 Å². The first-order valence-electron chi connectivity index (χ1n) is 10.0. The highest BCUT2D eigenvalue weighted by Gasteiger charge is 2.39. The van der Waals surface area contributed by atoms with E-state index in [0.29, 0.717) is 31.9 Å². The largest absolute Gasteiger partial charge is 0.379 e. The fourth-order valence-corrected chi connectivity index (χ4v) is 3.69. The van der Waals surface area contributed by atoms with Crippen molar-refractivity contribution < 1.29 is 18.7 Å². The van der Waals surface area contributed by atoms with Gasteiger partial charge in [-0.3, -0.25) is 19.4 Å². The molecule has 0 atom stereocenters. The maximum atomic E-state index is 13.4. The summed E-state index contributed by atoms with van der Waals surface area (Å²) in [5.41, 5.74) is 2.71. The molecule has 0 saturated carbocycles. The van der Waals surface area contributed by atoms with Gasteiger partial charge in [0.1, 0.15) is 11.5 Å². The van der Waals surface area contributed by atoms with E-state index in [-0.39, 0.29) is 23.1 Å². The third-order valence-corrected chi connectivity index (χ3v) is 5.45. The number of morpholine rings is 1. The van der Waals surface area contributed by atoms with E-state index in [0.717, 1.165) is 24.3 Å². The van der Waals surface area contributed by atoms with Gasteiger partial charge in [0.05, 0.1) is 18.8 Å². The number of anilines is 1. The lowest BCUT2D eigenvalue weighted by atomic mass is 10.0. The van der Waals surface area contributed by atoms with Crippen LogP contribution in [0.1, 0.15) is 11.1 Å². The number of amides is 2. The number of aryl methyl sites for hydroxylation is 1. The number of hydrogen-bond acceptors (Lipinski definition) is 5. The Hall–Kier alpha value is -3.03. The Morgan fingerprint density at radius 3 is 2.37 bits per heavy atom. The second-order valence-corrected chi connectivity index (χ2v) is 7.41. The van der Waals surface area contributed by atoms with Gasteiger partial charge in [0.2, 0.25) is 0 Å². The highest BCUT2D eigenvalue weighted by atomic mass is 19.1. The topological polar surface area (TPSA) is 61.9 Å². The Morgan fingerprint density at radius 1 is 0.967 bits per heavy atom. The molecular formula is C23H24FN3O3. The SMILES string of the molecule is Cc1ccccc1NC1=C(c2ccc(F)cc2)C(=O)N(CCN2CCOCC2)C1=O. The van der Waals surface area contributed by atoms with Crippen LogP contribution in [0.25, 0.3) is 5.57 Å². The molecule has 0 radical (unpaired) electrons. The predicted molar refractivity (Wildman–Crippen MR) is 112 cm³/mol. The van der Waals surface area contributed by atoms with Crippen molar-refractivity contribution in [3.8, 4) is 0 Å². The molecule has 2 aromatic rings. The van der Waals surface area contributed by atoms with Crippen molar-refractivity contribution in [2.75, 3.05) is 44.7 Å². The number of nitrogens with one attached hydrogen (secondary N) is 1. The number of benzene rings is 2. The average molecular weight is 409 g/mol. The van der Waals surface area contributed by atoms with E-state index in [1.54, 1.807) is 0 Å². The predicted octanol–water partition coefficient (Wildman–Crippen LogP) is 2.66. The molecule has 4 rings (SSSR count). The Morgan fingerprint density at radius 2 is 1.67 bits per heavy atom. The highest BCUT2D eigenvalue weighted by Crippen LogP contribution is 2.31. The molecule has 1 saturated heterocycles. The maximum Gasteiger partial charge on any atom is 0.278 e. The van der Waals surface area contributed by atoms with Gasteiger partial charge >= 0.3 is 0 Å². The summed E-state index contributed by atoms with van der Waals surface area (Å²) < 4.78 is 18.8. The first-order chi connectivity index (χ1) is 14.5. The number of ether oxygens (including phenoxy) is 1. The van der Waals surface area contributed by atoms with Crippen LogP contribution in [-0.2, 0) is 14.3 Å². The van der Waals surface area contributed by atoms with Crippen LogP contribution >= 0.6 is 0 Å². The Bertz CT molecular complexity index is 981. The lowest BCUT2D eigenvalue weighted by molar-refractivity contribution is -0.137. The molecule has 7 heteroatoms. The number of imide groups is 1. The van der Waals surface area contributed by atoms with Crippen LogP contribution < -0.4 is 5.32 Å². The van der Waals surface area contributed by atoms with Gasteiger partial charge in [0, 0.05) is 31.9 Å². The zero-order chi connectivity index (χ0) is 21.1. The van der Waals surface area contributed by atoms with Crippen LogP contribution in [-0.4, -0.2) is 61.0 Å². The van der Waals surface area contributed by atoms with E-state index in [1.807, 2.05) is 31.2 Å². The molecule has 156 valence electrons. The number of para-hydroxylation sites is 1. The summed E-state index contributed by atoms with van der Waals surface area (Å²) in [6, 6.07) is 13.2. The molecule has 0 unspecified atom stereocenters. The number of rotatable bonds is 6.